The molecule has 1 aromatic rings. The van der Waals surface area contributed by atoms with Crippen molar-refractivity contribution in [1.82, 2.24) is 15.2 Å². The Morgan fingerprint density at radius 1 is 1.42 bits per heavy atom. The van der Waals surface area contributed by atoms with Gasteiger partial charge in [0.15, 0.2) is 0 Å². The van der Waals surface area contributed by atoms with Crippen molar-refractivity contribution >= 4 is 0 Å². The SMILES string of the molecule is CC(C)NCC1CCCCN1Cc1cncc(F)c1. The second-order valence-corrected chi connectivity index (χ2v) is 5.69. The van der Waals surface area contributed by atoms with E-state index < -0.39 is 0 Å². The van der Waals surface area contributed by atoms with Gasteiger partial charge in [0, 0.05) is 31.4 Å². The summed E-state index contributed by atoms with van der Waals surface area (Å²) in [5, 5.41) is 3.51. The molecule has 1 aliphatic heterocycles. The number of pyridine rings is 1. The van der Waals surface area contributed by atoms with Crippen LogP contribution in [0.2, 0.25) is 0 Å². The molecule has 2 rings (SSSR count). The third-order valence-electron chi connectivity index (χ3n) is 3.66. The van der Waals surface area contributed by atoms with Crippen LogP contribution in [0, 0.1) is 5.82 Å². The highest BCUT2D eigenvalue weighted by Crippen LogP contribution is 2.19. The first-order valence-corrected chi connectivity index (χ1v) is 7.22. The van der Waals surface area contributed by atoms with E-state index in [-0.39, 0.29) is 5.82 Å². The lowest BCUT2D eigenvalue weighted by Crippen LogP contribution is -2.46. The molecule has 0 radical (unpaired) electrons. The maximum atomic E-state index is 13.2. The van der Waals surface area contributed by atoms with Crippen molar-refractivity contribution in [3.05, 3.63) is 29.8 Å². The molecule has 1 saturated heterocycles. The second-order valence-electron chi connectivity index (χ2n) is 5.69. The number of piperidine rings is 1. The summed E-state index contributed by atoms with van der Waals surface area (Å²) in [7, 11) is 0. The van der Waals surface area contributed by atoms with Gasteiger partial charge in [-0.1, -0.05) is 20.3 Å². The van der Waals surface area contributed by atoms with E-state index in [0.29, 0.717) is 12.1 Å². The lowest BCUT2D eigenvalue weighted by Gasteiger charge is -2.36. The van der Waals surface area contributed by atoms with Crippen LogP contribution in [0.1, 0.15) is 38.7 Å². The molecule has 19 heavy (non-hydrogen) atoms. The van der Waals surface area contributed by atoms with Crippen molar-refractivity contribution in [1.29, 1.82) is 0 Å². The van der Waals surface area contributed by atoms with Gasteiger partial charge in [-0.25, -0.2) is 4.39 Å². The Labute approximate surface area is 115 Å². The molecule has 4 heteroatoms. The molecule has 2 heterocycles. The van der Waals surface area contributed by atoms with Gasteiger partial charge in [0.1, 0.15) is 5.82 Å². The van der Waals surface area contributed by atoms with Crippen molar-refractivity contribution < 1.29 is 4.39 Å². The summed E-state index contributed by atoms with van der Waals surface area (Å²) in [4.78, 5) is 6.39. The minimum absolute atomic E-state index is 0.244. The standard InChI is InChI=1S/C15H24FN3/c1-12(2)18-10-15-5-3-4-6-19(15)11-13-7-14(16)9-17-8-13/h7-9,12,15,18H,3-6,10-11H2,1-2H3. The Kier molecular flexibility index (Phi) is 5.28. The number of rotatable bonds is 5. The van der Waals surface area contributed by atoms with Gasteiger partial charge >= 0.3 is 0 Å². The van der Waals surface area contributed by atoms with E-state index in [2.05, 4.69) is 29.0 Å². The summed E-state index contributed by atoms with van der Waals surface area (Å²) >= 11 is 0. The van der Waals surface area contributed by atoms with Crippen LogP contribution in [0.5, 0.6) is 0 Å². The van der Waals surface area contributed by atoms with Crippen LogP contribution >= 0.6 is 0 Å². The Bertz CT molecular complexity index is 395. The topological polar surface area (TPSA) is 28.2 Å². The summed E-state index contributed by atoms with van der Waals surface area (Å²) in [6, 6.07) is 2.66. The molecule has 0 amide bonds. The number of halogens is 1. The molecular weight excluding hydrogens is 241 g/mol. The molecule has 3 nitrogen and oxygen atoms in total. The van der Waals surface area contributed by atoms with E-state index in [1.54, 1.807) is 12.3 Å². The molecule has 1 N–H and O–H groups in total. The van der Waals surface area contributed by atoms with E-state index in [1.165, 1.54) is 25.5 Å². The third kappa shape index (κ3) is 4.55. The number of likely N-dealkylation sites (tertiary alicyclic amines) is 1. The zero-order chi connectivity index (χ0) is 13.7. The largest absolute Gasteiger partial charge is 0.313 e. The smallest absolute Gasteiger partial charge is 0.141 e. The van der Waals surface area contributed by atoms with Gasteiger partial charge in [0.05, 0.1) is 6.20 Å². The highest BCUT2D eigenvalue weighted by molar-refractivity contribution is 5.10. The predicted octanol–water partition coefficient (Wildman–Crippen LogP) is 2.57. The maximum Gasteiger partial charge on any atom is 0.141 e. The van der Waals surface area contributed by atoms with Gasteiger partial charge in [-0.2, -0.15) is 0 Å². The van der Waals surface area contributed by atoms with Crippen molar-refractivity contribution in [2.75, 3.05) is 13.1 Å². The fraction of sp³-hybridized carbons (Fsp3) is 0.667. The molecular formula is C15H24FN3. The van der Waals surface area contributed by atoms with Gasteiger partial charge < -0.3 is 5.32 Å². The van der Waals surface area contributed by atoms with Crippen LogP contribution < -0.4 is 5.32 Å². The maximum absolute atomic E-state index is 13.2. The molecule has 0 bridgehead atoms. The molecule has 0 saturated carbocycles. The van der Waals surface area contributed by atoms with E-state index in [1.807, 2.05) is 0 Å². The Balaban J connectivity index is 1.95. The molecule has 1 aromatic heterocycles. The molecule has 0 aliphatic carbocycles. The monoisotopic (exact) mass is 265 g/mol. The van der Waals surface area contributed by atoms with Gasteiger partial charge in [-0.15, -0.1) is 0 Å². The lowest BCUT2D eigenvalue weighted by molar-refractivity contribution is 0.135. The minimum Gasteiger partial charge on any atom is -0.313 e. The fourth-order valence-electron chi connectivity index (χ4n) is 2.65. The van der Waals surface area contributed by atoms with E-state index in [9.17, 15) is 4.39 Å². The second kappa shape index (κ2) is 6.96. The third-order valence-corrected chi connectivity index (χ3v) is 3.66. The summed E-state index contributed by atoms with van der Waals surface area (Å²) in [5.74, 6) is -0.244. The van der Waals surface area contributed by atoms with Crippen molar-refractivity contribution in [2.24, 2.45) is 0 Å². The Morgan fingerprint density at radius 3 is 3.00 bits per heavy atom. The first kappa shape index (κ1) is 14.4. The van der Waals surface area contributed by atoms with Crippen molar-refractivity contribution in [2.45, 2.75) is 51.7 Å². The first-order valence-electron chi connectivity index (χ1n) is 7.22. The average Bonchev–Trinajstić information content (AvgIpc) is 2.38. The Hall–Kier alpha value is -1.00. The Morgan fingerprint density at radius 2 is 2.26 bits per heavy atom. The molecule has 0 aromatic carbocycles. The summed E-state index contributed by atoms with van der Waals surface area (Å²) in [5.41, 5.74) is 0.969. The van der Waals surface area contributed by atoms with Crippen LogP contribution in [0.15, 0.2) is 18.5 Å². The molecule has 0 spiro atoms. The van der Waals surface area contributed by atoms with Crippen LogP contribution in [-0.2, 0) is 6.54 Å². The molecule has 106 valence electrons. The van der Waals surface area contributed by atoms with Crippen molar-refractivity contribution in [3.8, 4) is 0 Å². The van der Waals surface area contributed by atoms with Gasteiger partial charge in [0.2, 0.25) is 0 Å². The van der Waals surface area contributed by atoms with Crippen LogP contribution in [0.4, 0.5) is 4.39 Å². The predicted molar refractivity (Wildman–Crippen MR) is 75.4 cm³/mol. The summed E-state index contributed by atoms with van der Waals surface area (Å²) < 4.78 is 13.2. The molecule has 1 aliphatic rings. The number of hydrogen-bond acceptors (Lipinski definition) is 3. The zero-order valence-electron chi connectivity index (χ0n) is 11.9. The first-order chi connectivity index (χ1) is 9.15. The highest BCUT2D eigenvalue weighted by atomic mass is 19.1. The van der Waals surface area contributed by atoms with Gasteiger partial charge in [-0.05, 0) is 31.0 Å². The van der Waals surface area contributed by atoms with E-state index >= 15 is 0 Å². The normalized spacial score (nSPS) is 20.9. The van der Waals surface area contributed by atoms with Gasteiger partial charge in [-0.3, -0.25) is 9.88 Å². The number of nitrogens with zero attached hydrogens (tertiary/aromatic N) is 2. The molecule has 1 fully saturated rings. The van der Waals surface area contributed by atoms with E-state index in [4.69, 9.17) is 0 Å². The zero-order valence-corrected chi connectivity index (χ0v) is 11.9. The highest BCUT2D eigenvalue weighted by Gasteiger charge is 2.22. The fourth-order valence-corrected chi connectivity index (χ4v) is 2.65. The number of aromatic nitrogens is 1. The van der Waals surface area contributed by atoms with Crippen molar-refractivity contribution in [3.63, 3.8) is 0 Å². The number of nitrogens with one attached hydrogen (secondary N) is 1. The quantitative estimate of drug-likeness (QED) is 0.887. The average molecular weight is 265 g/mol. The molecule has 1 atom stereocenters. The summed E-state index contributed by atoms with van der Waals surface area (Å²) in [6.07, 6.45) is 6.79. The van der Waals surface area contributed by atoms with Crippen LogP contribution in [0.25, 0.3) is 0 Å². The summed E-state index contributed by atoms with van der Waals surface area (Å²) in [6.45, 7) is 7.25. The minimum atomic E-state index is -0.244. The molecule has 1 unspecified atom stereocenters. The van der Waals surface area contributed by atoms with Crippen LogP contribution in [-0.4, -0.2) is 35.1 Å². The van der Waals surface area contributed by atoms with E-state index in [0.717, 1.165) is 25.2 Å². The van der Waals surface area contributed by atoms with Crippen LogP contribution in [0.3, 0.4) is 0 Å². The number of hydrogen-bond donors (Lipinski definition) is 1. The lowest BCUT2D eigenvalue weighted by atomic mass is 10.0. The van der Waals surface area contributed by atoms with Gasteiger partial charge in [0.25, 0.3) is 0 Å².